The fraction of sp³-hybridized carbons (Fsp3) is 0.455. The van der Waals surface area contributed by atoms with E-state index in [0.29, 0.717) is 10.7 Å². The Morgan fingerprint density at radius 3 is 2.65 bits per heavy atom. The van der Waals surface area contributed by atoms with Gasteiger partial charge in [0.1, 0.15) is 5.69 Å². The first-order chi connectivity index (χ1) is 8.16. The third-order valence-electron chi connectivity index (χ3n) is 2.79. The molecule has 6 heteroatoms. The van der Waals surface area contributed by atoms with Crippen LogP contribution in [-0.2, 0) is 0 Å². The molecule has 0 spiro atoms. The molecular formula is C11H14ClN3O2. The number of piperidine rings is 1. The molecule has 1 aromatic rings. The van der Waals surface area contributed by atoms with Crippen molar-refractivity contribution in [3.05, 3.63) is 33.3 Å². The lowest BCUT2D eigenvalue weighted by Gasteiger charge is -2.27. The first-order valence-electron chi connectivity index (χ1n) is 5.62. The molecular weight excluding hydrogens is 242 g/mol. The molecule has 5 nitrogen and oxygen atoms in total. The third kappa shape index (κ3) is 3.08. The smallest absolute Gasteiger partial charge is 0.293 e. The molecule has 1 fully saturated rings. The second kappa shape index (κ2) is 5.33. The van der Waals surface area contributed by atoms with Crippen molar-refractivity contribution >= 4 is 23.0 Å². The number of rotatable bonds is 3. The van der Waals surface area contributed by atoms with Crippen LogP contribution in [0.15, 0.2) is 18.2 Å². The largest absolute Gasteiger partial charge is 0.313 e. The Labute approximate surface area is 104 Å². The van der Waals surface area contributed by atoms with E-state index in [0.717, 1.165) is 25.9 Å². The van der Waals surface area contributed by atoms with E-state index in [1.54, 1.807) is 6.07 Å². The minimum Gasteiger partial charge on any atom is -0.313 e. The fourth-order valence-electron chi connectivity index (χ4n) is 1.93. The number of halogens is 1. The van der Waals surface area contributed by atoms with E-state index in [1.807, 2.05) is 5.01 Å². The first kappa shape index (κ1) is 12.1. The summed E-state index contributed by atoms with van der Waals surface area (Å²) in [7, 11) is 0. The highest BCUT2D eigenvalue weighted by molar-refractivity contribution is 6.31. The summed E-state index contributed by atoms with van der Waals surface area (Å²) in [4.78, 5) is 10.5. The molecule has 0 bridgehead atoms. The summed E-state index contributed by atoms with van der Waals surface area (Å²) in [5.74, 6) is 0. The van der Waals surface area contributed by atoms with Gasteiger partial charge in [-0.2, -0.15) is 0 Å². The lowest BCUT2D eigenvalue weighted by atomic mass is 10.2. The summed E-state index contributed by atoms with van der Waals surface area (Å²) in [5.41, 5.74) is 3.60. The summed E-state index contributed by atoms with van der Waals surface area (Å²) in [6.45, 7) is 1.81. The van der Waals surface area contributed by atoms with Crippen LogP contribution < -0.4 is 5.43 Å². The molecule has 0 radical (unpaired) electrons. The van der Waals surface area contributed by atoms with Crippen LogP contribution in [0, 0.1) is 10.1 Å². The molecule has 92 valence electrons. The molecule has 0 atom stereocenters. The zero-order valence-electron chi connectivity index (χ0n) is 9.36. The Balaban J connectivity index is 2.17. The van der Waals surface area contributed by atoms with Crippen LogP contribution in [0.2, 0.25) is 5.02 Å². The second-order valence-corrected chi connectivity index (χ2v) is 4.51. The van der Waals surface area contributed by atoms with Crippen LogP contribution in [0.3, 0.4) is 0 Å². The van der Waals surface area contributed by atoms with Crippen LogP contribution in [0.4, 0.5) is 11.4 Å². The molecule has 1 N–H and O–H groups in total. The van der Waals surface area contributed by atoms with Gasteiger partial charge in [0.25, 0.3) is 5.69 Å². The van der Waals surface area contributed by atoms with Crippen molar-refractivity contribution in [2.24, 2.45) is 0 Å². The van der Waals surface area contributed by atoms with Gasteiger partial charge in [0.2, 0.25) is 0 Å². The first-order valence-corrected chi connectivity index (χ1v) is 6.00. The zero-order valence-corrected chi connectivity index (χ0v) is 10.1. The number of nitrogens with one attached hydrogen (secondary N) is 1. The maximum atomic E-state index is 10.9. The molecule has 1 heterocycles. The molecule has 2 rings (SSSR count). The molecule has 0 aliphatic carbocycles. The highest BCUT2D eigenvalue weighted by Crippen LogP contribution is 2.28. The van der Waals surface area contributed by atoms with Crippen molar-refractivity contribution < 1.29 is 4.92 Å². The summed E-state index contributed by atoms with van der Waals surface area (Å²) in [5, 5.41) is 13.4. The van der Waals surface area contributed by atoms with Crippen LogP contribution in [0.5, 0.6) is 0 Å². The number of hydrazine groups is 1. The van der Waals surface area contributed by atoms with Gasteiger partial charge >= 0.3 is 0 Å². The summed E-state index contributed by atoms with van der Waals surface area (Å²) < 4.78 is 0. The zero-order chi connectivity index (χ0) is 12.3. The monoisotopic (exact) mass is 255 g/mol. The van der Waals surface area contributed by atoms with Crippen molar-refractivity contribution in [1.82, 2.24) is 5.01 Å². The standard InChI is InChI=1S/C11H14ClN3O2/c12-9-4-5-11(15(16)17)10(8-9)13-14-6-2-1-3-7-14/h4-5,8,13H,1-3,6-7H2. The van der Waals surface area contributed by atoms with Crippen molar-refractivity contribution in [2.45, 2.75) is 19.3 Å². The van der Waals surface area contributed by atoms with Crippen LogP contribution in [0.1, 0.15) is 19.3 Å². The molecule has 1 saturated heterocycles. The van der Waals surface area contributed by atoms with Gasteiger partial charge in [-0.1, -0.05) is 18.0 Å². The van der Waals surface area contributed by atoms with Crippen molar-refractivity contribution in [2.75, 3.05) is 18.5 Å². The van der Waals surface area contributed by atoms with Gasteiger partial charge in [-0.25, -0.2) is 5.01 Å². The molecule has 1 aliphatic heterocycles. The third-order valence-corrected chi connectivity index (χ3v) is 3.03. The summed E-state index contributed by atoms with van der Waals surface area (Å²) in [6.07, 6.45) is 3.44. The van der Waals surface area contributed by atoms with Gasteiger partial charge in [0.05, 0.1) is 4.92 Å². The van der Waals surface area contributed by atoms with Gasteiger partial charge in [0, 0.05) is 24.2 Å². The van der Waals surface area contributed by atoms with Gasteiger partial charge in [0.15, 0.2) is 0 Å². The van der Waals surface area contributed by atoms with E-state index >= 15 is 0 Å². The highest BCUT2D eigenvalue weighted by atomic mass is 35.5. The Morgan fingerprint density at radius 2 is 2.00 bits per heavy atom. The number of hydrogen-bond donors (Lipinski definition) is 1. The Morgan fingerprint density at radius 1 is 1.29 bits per heavy atom. The quantitative estimate of drug-likeness (QED) is 0.666. The van der Waals surface area contributed by atoms with Gasteiger partial charge in [-0.05, 0) is 25.0 Å². The number of benzene rings is 1. The summed E-state index contributed by atoms with van der Waals surface area (Å²) in [6, 6.07) is 4.55. The number of nitrogens with zero attached hydrogens (tertiary/aromatic N) is 2. The predicted molar refractivity (Wildman–Crippen MR) is 67.2 cm³/mol. The molecule has 0 saturated carbocycles. The Hall–Kier alpha value is -1.33. The van der Waals surface area contributed by atoms with Crippen molar-refractivity contribution in [1.29, 1.82) is 0 Å². The van der Waals surface area contributed by atoms with Crippen molar-refractivity contribution in [3.63, 3.8) is 0 Å². The lowest BCUT2D eigenvalue weighted by Crippen LogP contribution is -2.35. The Bertz CT molecular complexity index is 419. The molecule has 0 aromatic heterocycles. The fourth-order valence-corrected chi connectivity index (χ4v) is 2.11. The van der Waals surface area contributed by atoms with Gasteiger partial charge in [-0.15, -0.1) is 0 Å². The van der Waals surface area contributed by atoms with E-state index < -0.39 is 4.92 Å². The van der Waals surface area contributed by atoms with Crippen LogP contribution in [-0.4, -0.2) is 23.0 Å². The average Bonchev–Trinajstić information content (AvgIpc) is 2.30. The molecule has 0 unspecified atom stereocenters. The second-order valence-electron chi connectivity index (χ2n) is 4.08. The van der Waals surface area contributed by atoms with E-state index in [2.05, 4.69) is 5.43 Å². The van der Waals surface area contributed by atoms with Crippen LogP contribution >= 0.6 is 11.6 Å². The lowest BCUT2D eigenvalue weighted by molar-refractivity contribution is -0.384. The molecule has 1 aromatic carbocycles. The van der Waals surface area contributed by atoms with E-state index in [4.69, 9.17) is 11.6 Å². The van der Waals surface area contributed by atoms with E-state index in [1.165, 1.54) is 18.6 Å². The summed E-state index contributed by atoms with van der Waals surface area (Å²) >= 11 is 5.86. The molecule has 0 amide bonds. The van der Waals surface area contributed by atoms with Gasteiger partial charge < -0.3 is 5.43 Å². The number of nitro groups is 1. The number of hydrogen-bond acceptors (Lipinski definition) is 4. The molecule has 1 aliphatic rings. The SMILES string of the molecule is O=[N+]([O-])c1ccc(Cl)cc1NN1CCCCC1. The topological polar surface area (TPSA) is 58.4 Å². The maximum absolute atomic E-state index is 10.9. The molecule has 17 heavy (non-hydrogen) atoms. The number of nitro benzene ring substituents is 1. The van der Waals surface area contributed by atoms with Crippen LogP contribution in [0.25, 0.3) is 0 Å². The van der Waals surface area contributed by atoms with E-state index in [-0.39, 0.29) is 5.69 Å². The number of anilines is 1. The minimum absolute atomic E-state index is 0.0555. The predicted octanol–water partition coefficient (Wildman–Crippen LogP) is 3.06. The van der Waals surface area contributed by atoms with E-state index in [9.17, 15) is 10.1 Å². The Kier molecular flexibility index (Phi) is 3.81. The average molecular weight is 256 g/mol. The highest BCUT2D eigenvalue weighted by Gasteiger charge is 2.17. The van der Waals surface area contributed by atoms with Gasteiger partial charge in [-0.3, -0.25) is 10.1 Å². The van der Waals surface area contributed by atoms with Crippen molar-refractivity contribution in [3.8, 4) is 0 Å². The minimum atomic E-state index is -0.400. The maximum Gasteiger partial charge on any atom is 0.293 e. The normalized spacial score (nSPS) is 16.8.